The predicted molar refractivity (Wildman–Crippen MR) is 66.0 cm³/mol. The van der Waals surface area contributed by atoms with E-state index in [1.807, 2.05) is 0 Å². The lowest BCUT2D eigenvalue weighted by Crippen LogP contribution is -2.45. The number of ether oxygens (including phenoxy) is 1. The van der Waals surface area contributed by atoms with Gasteiger partial charge in [-0.3, -0.25) is 4.90 Å². The summed E-state index contributed by atoms with van der Waals surface area (Å²) in [6.45, 7) is 12.5. The van der Waals surface area contributed by atoms with Crippen molar-refractivity contribution in [2.75, 3.05) is 33.4 Å². The van der Waals surface area contributed by atoms with Gasteiger partial charge in [-0.15, -0.1) is 0 Å². The van der Waals surface area contributed by atoms with Gasteiger partial charge >= 0.3 is 0 Å². The van der Waals surface area contributed by atoms with Crippen LogP contribution in [0.4, 0.5) is 0 Å². The number of rotatable bonds is 8. The molecule has 0 aromatic rings. The molecule has 2 atom stereocenters. The van der Waals surface area contributed by atoms with Crippen LogP contribution < -0.4 is 5.73 Å². The summed E-state index contributed by atoms with van der Waals surface area (Å²) in [5.74, 6) is 0. The average molecular weight is 216 g/mol. The molecule has 0 bridgehead atoms. The van der Waals surface area contributed by atoms with Crippen molar-refractivity contribution in [2.45, 2.75) is 40.2 Å². The van der Waals surface area contributed by atoms with Gasteiger partial charge < -0.3 is 10.5 Å². The molecule has 2 unspecified atom stereocenters. The molecule has 92 valence electrons. The number of likely N-dealkylation sites (N-methyl/N-ethyl adjacent to an activating group) is 1. The lowest BCUT2D eigenvalue weighted by Gasteiger charge is -2.36. The third-order valence-corrected chi connectivity index (χ3v) is 3.37. The van der Waals surface area contributed by atoms with Gasteiger partial charge in [0.15, 0.2) is 0 Å². The zero-order chi connectivity index (χ0) is 11.9. The van der Waals surface area contributed by atoms with E-state index in [4.69, 9.17) is 10.5 Å². The molecule has 0 spiro atoms. The van der Waals surface area contributed by atoms with Crippen molar-refractivity contribution in [1.82, 2.24) is 4.90 Å². The van der Waals surface area contributed by atoms with Crippen molar-refractivity contribution in [3.05, 3.63) is 0 Å². The van der Waals surface area contributed by atoms with Crippen molar-refractivity contribution in [3.8, 4) is 0 Å². The second-order valence-corrected chi connectivity index (χ2v) is 4.74. The van der Waals surface area contributed by atoms with Gasteiger partial charge in [0.25, 0.3) is 0 Å². The summed E-state index contributed by atoms with van der Waals surface area (Å²) in [5.41, 5.74) is 6.07. The van der Waals surface area contributed by atoms with Crippen molar-refractivity contribution in [1.29, 1.82) is 0 Å². The smallest absolute Gasteiger partial charge is 0.0615 e. The summed E-state index contributed by atoms with van der Waals surface area (Å²) in [6, 6.07) is 0.470. The number of methoxy groups -OCH3 is 1. The Hall–Kier alpha value is -0.120. The van der Waals surface area contributed by atoms with E-state index in [1.54, 1.807) is 7.11 Å². The molecule has 0 fully saturated rings. The van der Waals surface area contributed by atoms with Gasteiger partial charge in [0.1, 0.15) is 0 Å². The fourth-order valence-electron chi connectivity index (χ4n) is 1.74. The first-order chi connectivity index (χ1) is 7.02. The fourth-order valence-corrected chi connectivity index (χ4v) is 1.74. The molecule has 0 aromatic heterocycles. The van der Waals surface area contributed by atoms with Crippen LogP contribution in [0, 0.1) is 5.41 Å². The van der Waals surface area contributed by atoms with E-state index in [1.165, 1.54) is 0 Å². The van der Waals surface area contributed by atoms with Gasteiger partial charge in [0, 0.05) is 19.7 Å². The van der Waals surface area contributed by atoms with Crippen LogP contribution in [0.1, 0.15) is 34.1 Å². The number of hydrogen-bond acceptors (Lipinski definition) is 3. The number of nitrogens with zero attached hydrogens (tertiary/aromatic N) is 1. The third-order valence-electron chi connectivity index (χ3n) is 3.37. The molecule has 3 nitrogen and oxygen atoms in total. The first-order valence-electron chi connectivity index (χ1n) is 5.96. The minimum absolute atomic E-state index is 0.234. The molecule has 0 aliphatic heterocycles. The van der Waals surface area contributed by atoms with Crippen molar-refractivity contribution >= 4 is 0 Å². The highest BCUT2D eigenvalue weighted by Crippen LogP contribution is 2.21. The zero-order valence-electron chi connectivity index (χ0n) is 11.0. The Balaban J connectivity index is 4.29. The van der Waals surface area contributed by atoms with E-state index >= 15 is 0 Å². The first kappa shape index (κ1) is 14.9. The van der Waals surface area contributed by atoms with Crippen molar-refractivity contribution in [2.24, 2.45) is 11.1 Å². The van der Waals surface area contributed by atoms with Crippen LogP contribution in [0.2, 0.25) is 0 Å². The maximum atomic E-state index is 5.84. The van der Waals surface area contributed by atoms with Gasteiger partial charge in [-0.2, -0.15) is 0 Å². The predicted octanol–water partition coefficient (Wildman–Crippen LogP) is 1.72. The van der Waals surface area contributed by atoms with E-state index in [-0.39, 0.29) is 5.41 Å². The lowest BCUT2D eigenvalue weighted by atomic mass is 9.86. The molecule has 0 saturated heterocycles. The topological polar surface area (TPSA) is 38.5 Å². The molecule has 15 heavy (non-hydrogen) atoms. The third kappa shape index (κ3) is 4.96. The Morgan fingerprint density at radius 1 is 1.40 bits per heavy atom. The van der Waals surface area contributed by atoms with Crippen LogP contribution in [0.5, 0.6) is 0 Å². The molecule has 3 heteroatoms. The number of nitrogens with two attached hydrogens (primary N) is 1. The van der Waals surface area contributed by atoms with Crippen LogP contribution in [0.15, 0.2) is 0 Å². The highest BCUT2D eigenvalue weighted by Gasteiger charge is 2.25. The Morgan fingerprint density at radius 3 is 2.33 bits per heavy atom. The molecule has 0 aromatic carbocycles. The Kier molecular flexibility index (Phi) is 7.14. The molecule has 0 aliphatic rings. The van der Waals surface area contributed by atoms with Gasteiger partial charge in [-0.25, -0.2) is 0 Å². The van der Waals surface area contributed by atoms with E-state index in [2.05, 4.69) is 32.6 Å². The highest BCUT2D eigenvalue weighted by molar-refractivity contribution is 4.80. The largest absolute Gasteiger partial charge is 0.383 e. The van der Waals surface area contributed by atoms with Crippen LogP contribution in [-0.4, -0.2) is 44.3 Å². The van der Waals surface area contributed by atoms with Gasteiger partial charge in [-0.1, -0.05) is 20.8 Å². The summed E-state index contributed by atoms with van der Waals surface area (Å²) < 4.78 is 5.20. The Bertz CT molecular complexity index is 158. The summed E-state index contributed by atoms with van der Waals surface area (Å²) in [6.07, 6.45) is 1.12. The highest BCUT2D eigenvalue weighted by atomic mass is 16.5. The molecule has 0 aliphatic carbocycles. The molecule has 0 radical (unpaired) electrons. The summed E-state index contributed by atoms with van der Waals surface area (Å²) in [5, 5.41) is 0. The Morgan fingerprint density at radius 2 is 2.00 bits per heavy atom. The van der Waals surface area contributed by atoms with Crippen molar-refractivity contribution < 1.29 is 4.74 Å². The van der Waals surface area contributed by atoms with Gasteiger partial charge in [0.05, 0.1) is 6.61 Å². The van der Waals surface area contributed by atoms with Crippen LogP contribution in [0.3, 0.4) is 0 Å². The van der Waals surface area contributed by atoms with E-state index in [0.29, 0.717) is 6.04 Å². The second kappa shape index (κ2) is 7.20. The summed E-state index contributed by atoms with van der Waals surface area (Å²) >= 11 is 0. The van der Waals surface area contributed by atoms with Crippen molar-refractivity contribution in [3.63, 3.8) is 0 Å². The van der Waals surface area contributed by atoms with Crippen LogP contribution in [-0.2, 0) is 4.74 Å². The average Bonchev–Trinajstić information content (AvgIpc) is 2.26. The SMILES string of the molecule is CCN(CC(C)(CC)CN)C(C)COC. The van der Waals surface area contributed by atoms with Gasteiger partial charge in [0.2, 0.25) is 0 Å². The minimum atomic E-state index is 0.234. The molecule has 0 rings (SSSR count). The molecule has 0 amide bonds. The van der Waals surface area contributed by atoms with E-state index < -0.39 is 0 Å². The van der Waals surface area contributed by atoms with E-state index in [9.17, 15) is 0 Å². The molecule has 2 N–H and O–H groups in total. The second-order valence-electron chi connectivity index (χ2n) is 4.74. The number of hydrogen-bond donors (Lipinski definition) is 1. The lowest BCUT2D eigenvalue weighted by molar-refractivity contribution is 0.0718. The van der Waals surface area contributed by atoms with E-state index in [0.717, 1.165) is 32.7 Å². The monoisotopic (exact) mass is 216 g/mol. The summed E-state index contributed by atoms with van der Waals surface area (Å²) in [7, 11) is 1.76. The minimum Gasteiger partial charge on any atom is -0.383 e. The molecular formula is C12H28N2O. The molecule has 0 saturated carbocycles. The fraction of sp³-hybridized carbons (Fsp3) is 1.00. The normalized spacial score (nSPS) is 17.8. The van der Waals surface area contributed by atoms with Crippen LogP contribution in [0.25, 0.3) is 0 Å². The first-order valence-corrected chi connectivity index (χ1v) is 5.96. The molecular weight excluding hydrogens is 188 g/mol. The molecule has 0 heterocycles. The zero-order valence-corrected chi connectivity index (χ0v) is 11.0. The maximum absolute atomic E-state index is 5.84. The maximum Gasteiger partial charge on any atom is 0.0615 e. The Labute approximate surface area is 95.0 Å². The van der Waals surface area contributed by atoms with Crippen LogP contribution >= 0.6 is 0 Å². The standard InChI is InChI=1S/C12H28N2O/c1-6-12(4,9-13)10-14(7-2)11(3)8-15-5/h11H,6-10,13H2,1-5H3. The quantitative estimate of drug-likeness (QED) is 0.671. The van der Waals surface area contributed by atoms with Gasteiger partial charge in [-0.05, 0) is 31.8 Å². The summed E-state index contributed by atoms with van der Waals surface area (Å²) in [4.78, 5) is 2.44.